The van der Waals surface area contributed by atoms with Crippen molar-refractivity contribution in [3.05, 3.63) is 11.3 Å². The number of anilines is 1. The van der Waals surface area contributed by atoms with Gasteiger partial charge in [0.25, 0.3) is 0 Å². The number of nitrogens with two attached hydrogens (primary N) is 1. The van der Waals surface area contributed by atoms with Crippen LogP contribution in [0.4, 0.5) is 5.82 Å². The highest BCUT2D eigenvalue weighted by molar-refractivity contribution is 5.90. The van der Waals surface area contributed by atoms with Gasteiger partial charge in [-0.1, -0.05) is 0 Å². The monoisotopic (exact) mass is 241 g/mol. The average Bonchev–Trinajstić information content (AvgIpc) is 2.58. The fourth-order valence-electron chi connectivity index (χ4n) is 1.51. The Morgan fingerprint density at radius 2 is 2.12 bits per heavy atom. The Kier molecular flexibility index (Phi) is 4.96. The van der Waals surface area contributed by atoms with E-state index in [1.165, 1.54) is 4.68 Å². The van der Waals surface area contributed by atoms with E-state index in [2.05, 4.69) is 5.10 Å². The number of nitrogens with zero attached hydrogens (tertiary/aromatic N) is 2. The SMILES string of the molecule is CCOCCc1c(C(=O)OCC)nn(C)c1N. The van der Waals surface area contributed by atoms with Gasteiger partial charge in [0.2, 0.25) is 0 Å². The maximum Gasteiger partial charge on any atom is 0.359 e. The summed E-state index contributed by atoms with van der Waals surface area (Å²) in [5.41, 5.74) is 6.83. The number of nitrogen functional groups attached to an aromatic ring is 1. The third kappa shape index (κ3) is 3.20. The molecule has 0 aliphatic rings. The zero-order chi connectivity index (χ0) is 12.8. The third-order valence-corrected chi connectivity index (χ3v) is 2.36. The van der Waals surface area contributed by atoms with Crippen LogP contribution in [-0.2, 0) is 22.9 Å². The van der Waals surface area contributed by atoms with Crippen molar-refractivity contribution in [3.8, 4) is 0 Å². The minimum Gasteiger partial charge on any atom is -0.461 e. The Bertz CT molecular complexity index is 388. The minimum atomic E-state index is -0.439. The zero-order valence-corrected chi connectivity index (χ0v) is 10.5. The molecule has 2 N–H and O–H groups in total. The van der Waals surface area contributed by atoms with Gasteiger partial charge in [0.1, 0.15) is 5.82 Å². The van der Waals surface area contributed by atoms with Crippen molar-refractivity contribution in [2.75, 3.05) is 25.6 Å². The standard InChI is InChI=1S/C11H19N3O3/c1-4-16-7-6-8-9(11(15)17-5-2)13-14(3)10(8)12/h4-7,12H2,1-3H3. The van der Waals surface area contributed by atoms with Crippen molar-refractivity contribution in [3.63, 3.8) is 0 Å². The van der Waals surface area contributed by atoms with Crippen molar-refractivity contribution in [1.29, 1.82) is 0 Å². The number of aryl methyl sites for hydroxylation is 1. The molecule has 0 aromatic carbocycles. The summed E-state index contributed by atoms with van der Waals surface area (Å²) in [5.74, 6) is 0.0408. The summed E-state index contributed by atoms with van der Waals surface area (Å²) in [5, 5.41) is 4.07. The molecule has 0 amide bonds. The topological polar surface area (TPSA) is 79.4 Å². The van der Waals surface area contributed by atoms with Gasteiger partial charge in [-0.15, -0.1) is 0 Å². The van der Waals surface area contributed by atoms with Crippen LogP contribution in [0.2, 0.25) is 0 Å². The van der Waals surface area contributed by atoms with Crippen LogP contribution in [0.3, 0.4) is 0 Å². The van der Waals surface area contributed by atoms with Crippen LogP contribution in [0.15, 0.2) is 0 Å². The maximum atomic E-state index is 11.7. The molecular weight excluding hydrogens is 222 g/mol. The van der Waals surface area contributed by atoms with E-state index in [-0.39, 0.29) is 5.69 Å². The fraction of sp³-hybridized carbons (Fsp3) is 0.636. The normalized spacial score (nSPS) is 10.5. The minimum absolute atomic E-state index is 0.284. The van der Waals surface area contributed by atoms with Gasteiger partial charge in [-0.25, -0.2) is 4.79 Å². The highest BCUT2D eigenvalue weighted by Gasteiger charge is 2.20. The van der Waals surface area contributed by atoms with E-state index in [0.29, 0.717) is 37.6 Å². The molecule has 17 heavy (non-hydrogen) atoms. The predicted molar refractivity (Wildman–Crippen MR) is 63.8 cm³/mol. The quantitative estimate of drug-likeness (QED) is 0.587. The summed E-state index contributed by atoms with van der Waals surface area (Å²) in [4.78, 5) is 11.7. The molecule has 0 saturated carbocycles. The first kappa shape index (κ1) is 13.5. The molecule has 0 spiro atoms. The molecule has 0 saturated heterocycles. The number of rotatable bonds is 6. The van der Waals surface area contributed by atoms with Crippen LogP contribution in [0.5, 0.6) is 0 Å². The fourth-order valence-corrected chi connectivity index (χ4v) is 1.51. The van der Waals surface area contributed by atoms with Crippen LogP contribution >= 0.6 is 0 Å². The molecule has 0 radical (unpaired) electrons. The number of aromatic nitrogens is 2. The second kappa shape index (κ2) is 6.24. The van der Waals surface area contributed by atoms with Gasteiger partial charge < -0.3 is 15.2 Å². The van der Waals surface area contributed by atoms with Gasteiger partial charge in [0, 0.05) is 25.6 Å². The van der Waals surface area contributed by atoms with E-state index >= 15 is 0 Å². The van der Waals surface area contributed by atoms with E-state index in [0.717, 1.165) is 0 Å². The Morgan fingerprint density at radius 1 is 1.41 bits per heavy atom. The lowest BCUT2D eigenvalue weighted by molar-refractivity contribution is 0.0516. The van der Waals surface area contributed by atoms with Gasteiger partial charge in [-0.05, 0) is 13.8 Å². The molecule has 0 aliphatic carbocycles. The molecule has 96 valence electrons. The summed E-state index contributed by atoms with van der Waals surface area (Å²) >= 11 is 0. The lowest BCUT2D eigenvalue weighted by Gasteiger charge is -2.03. The average molecular weight is 241 g/mol. The predicted octanol–water partition coefficient (Wildman–Crippen LogP) is 0.758. The lowest BCUT2D eigenvalue weighted by Crippen LogP contribution is -2.10. The van der Waals surface area contributed by atoms with Crippen molar-refractivity contribution in [2.24, 2.45) is 7.05 Å². The number of carbonyl (C=O) groups is 1. The number of ether oxygens (including phenoxy) is 2. The van der Waals surface area contributed by atoms with Crippen molar-refractivity contribution < 1.29 is 14.3 Å². The van der Waals surface area contributed by atoms with Crippen LogP contribution in [-0.4, -0.2) is 35.6 Å². The molecule has 0 aliphatic heterocycles. The first-order valence-corrected chi connectivity index (χ1v) is 5.68. The Labute approximate surface area is 101 Å². The number of esters is 1. The van der Waals surface area contributed by atoms with Crippen LogP contribution in [0, 0.1) is 0 Å². The second-order valence-corrected chi connectivity index (χ2v) is 3.50. The summed E-state index contributed by atoms with van der Waals surface area (Å²) in [6.45, 7) is 5.14. The van der Waals surface area contributed by atoms with Crippen molar-refractivity contribution >= 4 is 11.8 Å². The van der Waals surface area contributed by atoms with Gasteiger partial charge in [0.05, 0.1) is 13.2 Å². The van der Waals surface area contributed by atoms with Gasteiger partial charge in [-0.2, -0.15) is 5.10 Å². The Morgan fingerprint density at radius 3 is 2.71 bits per heavy atom. The van der Waals surface area contributed by atoms with Crippen LogP contribution in [0.25, 0.3) is 0 Å². The van der Waals surface area contributed by atoms with E-state index in [1.807, 2.05) is 6.92 Å². The largest absolute Gasteiger partial charge is 0.461 e. The molecular formula is C11H19N3O3. The third-order valence-electron chi connectivity index (χ3n) is 2.36. The number of carbonyl (C=O) groups excluding carboxylic acids is 1. The summed E-state index contributed by atoms with van der Waals surface area (Å²) in [6.07, 6.45) is 0.557. The molecule has 0 atom stereocenters. The molecule has 6 nitrogen and oxygen atoms in total. The van der Waals surface area contributed by atoms with E-state index in [1.54, 1.807) is 14.0 Å². The zero-order valence-electron chi connectivity index (χ0n) is 10.5. The first-order chi connectivity index (χ1) is 8.11. The smallest absolute Gasteiger partial charge is 0.359 e. The van der Waals surface area contributed by atoms with Crippen molar-refractivity contribution in [1.82, 2.24) is 9.78 Å². The van der Waals surface area contributed by atoms with E-state index in [4.69, 9.17) is 15.2 Å². The molecule has 0 bridgehead atoms. The highest BCUT2D eigenvalue weighted by Crippen LogP contribution is 2.17. The summed E-state index contributed by atoms with van der Waals surface area (Å²) in [6, 6.07) is 0. The van der Waals surface area contributed by atoms with Crippen molar-refractivity contribution in [2.45, 2.75) is 20.3 Å². The highest BCUT2D eigenvalue weighted by atomic mass is 16.5. The Hall–Kier alpha value is -1.56. The second-order valence-electron chi connectivity index (χ2n) is 3.50. The summed E-state index contributed by atoms with van der Waals surface area (Å²) < 4.78 is 11.7. The van der Waals surface area contributed by atoms with Crippen LogP contribution < -0.4 is 5.73 Å². The lowest BCUT2D eigenvalue weighted by atomic mass is 10.1. The first-order valence-electron chi connectivity index (χ1n) is 5.68. The van der Waals surface area contributed by atoms with Gasteiger partial charge >= 0.3 is 5.97 Å². The Balaban J connectivity index is 2.88. The molecule has 6 heteroatoms. The van der Waals surface area contributed by atoms with Gasteiger partial charge in [0.15, 0.2) is 5.69 Å². The summed E-state index contributed by atoms with van der Waals surface area (Å²) in [7, 11) is 1.70. The molecule has 0 fully saturated rings. The molecule has 1 aromatic rings. The van der Waals surface area contributed by atoms with Gasteiger partial charge in [-0.3, -0.25) is 4.68 Å². The maximum absolute atomic E-state index is 11.7. The molecule has 0 unspecified atom stereocenters. The van der Waals surface area contributed by atoms with Crippen LogP contribution in [0.1, 0.15) is 29.9 Å². The molecule has 1 rings (SSSR count). The molecule has 1 aromatic heterocycles. The van der Waals surface area contributed by atoms with E-state index in [9.17, 15) is 4.79 Å². The number of hydrogen-bond acceptors (Lipinski definition) is 5. The van der Waals surface area contributed by atoms with E-state index < -0.39 is 5.97 Å². The molecule has 1 heterocycles. The number of hydrogen-bond donors (Lipinski definition) is 1.